The third kappa shape index (κ3) is 3.84. The summed E-state index contributed by atoms with van der Waals surface area (Å²) in [4.78, 5) is 2.69. The summed E-state index contributed by atoms with van der Waals surface area (Å²) < 4.78 is 13.0. The number of aliphatic hydroxyl groups excluding tert-OH is 1. The van der Waals surface area contributed by atoms with E-state index in [0.717, 1.165) is 24.9 Å². The lowest BCUT2D eigenvalue weighted by atomic mass is 9.85. The van der Waals surface area contributed by atoms with Crippen molar-refractivity contribution in [3.05, 3.63) is 71.5 Å². The molecule has 2 fully saturated rings. The molecule has 0 spiro atoms. The highest BCUT2D eigenvalue weighted by Crippen LogP contribution is 2.43. The van der Waals surface area contributed by atoms with Crippen LogP contribution in [0.2, 0.25) is 0 Å². The monoisotopic (exact) mass is 353 g/mol. The Bertz CT molecular complexity index is 688. The second-order valence-corrected chi connectivity index (χ2v) is 7.91. The smallest absolute Gasteiger partial charge is 0.123 e. The van der Waals surface area contributed by atoms with Gasteiger partial charge in [0.2, 0.25) is 0 Å². The predicted molar refractivity (Wildman–Crippen MR) is 103 cm³/mol. The molecule has 2 saturated heterocycles. The molecule has 2 aliphatic heterocycles. The predicted octanol–water partition coefficient (Wildman–Crippen LogP) is 5.05. The van der Waals surface area contributed by atoms with Gasteiger partial charge in [0.05, 0.1) is 6.10 Å². The van der Waals surface area contributed by atoms with Gasteiger partial charge in [-0.25, -0.2) is 4.39 Å². The number of piperidine rings is 1. The number of benzene rings is 2. The van der Waals surface area contributed by atoms with E-state index in [1.807, 2.05) is 0 Å². The van der Waals surface area contributed by atoms with Crippen LogP contribution in [0.3, 0.4) is 0 Å². The summed E-state index contributed by atoms with van der Waals surface area (Å²) in [6, 6.07) is 18.6. The van der Waals surface area contributed by atoms with Crippen LogP contribution in [0, 0.1) is 5.82 Å². The Balaban J connectivity index is 1.29. The lowest BCUT2D eigenvalue weighted by molar-refractivity contribution is 0.109. The van der Waals surface area contributed by atoms with Gasteiger partial charge in [0.15, 0.2) is 0 Å². The summed E-state index contributed by atoms with van der Waals surface area (Å²) in [5.41, 5.74) is 2.31. The van der Waals surface area contributed by atoms with Crippen molar-refractivity contribution in [3.63, 3.8) is 0 Å². The van der Waals surface area contributed by atoms with Crippen molar-refractivity contribution in [2.24, 2.45) is 0 Å². The van der Waals surface area contributed by atoms with Crippen molar-refractivity contribution in [1.29, 1.82) is 0 Å². The summed E-state index contributed by atoms with van der Waals surface area (Å²) in [7, 11) is 0. The van der Waals surface area contributed by atoms with E-state index in [9.17, 15) is 9.50 Å². The molecule has 2 unspecified atom stereocenters. The molecule has 0 amide bonds. The van der Waals surface area contributed by atoms with Gasteiger partial charge in [0.25, 0.3) is 0 Å². The van der Waals surface area contributed by atoms with Gasteiger partial charge in [-0.05, 0) is 74.2 Å². The van der Waals surface area contributed by atoms with Gasteiger partial charge in [-0.15, -0.1) is 0 Å². The minimum absolute atomic E-state index is 0.251. The molecular formula is C23H28FNO. The van der Waals surface area contributed by atoms with Crippen LogP contribution >= 0.6 is 0 Å². The Kier molecular flexibility index (Phi) is 5.37. The number of fused-ring (bicyclic) bond motifs is 2. The average molecular weight is 353 g/mol. The molecule has 2 aliphatic rings. The number of nitrogens with zero attached hydrogens (tertiary/aromatic N) is 1. The second kappa shape index (κ2) is 7.89. The maximum Gasteiger partial charge on any atom is 0.123 e. The molecule has 0 saturated carbocycles. The molecule has 1 N–H and O–H groups in total. The van der Waals surface area contributed by atoms with E-state index in [2.05, 4.69) is 35.2 Å². The zero-order valence-corrected chi connectivity index (χ0v) is 15.2. The molecule has 26 heavy (non-hydrogen) atoms. The molecule has 2 aromatic carbocycles. The van der Waals surface area contributed by atoms with E-state index in [-0.39, 0.29) is 5.82 Å². The molecule has 4 rings (SSSR count). The quantitative estimate of drug-likeness (QED) is 0.785. The third-order valence-electron chi connectivity index (χ3n) is 6.30. The molecule has 2 nitrogen and oxygen atoms in total. The van der Waals surface area contributed by atoms with Crippen LogP contribution in [0.5, 0.6) is 0 Å². The lowest BCUT2D eigenvalue weighted by Gasteiger charge is -2.39. The fourth-order valence-electron chi connectivity index (χ4n) is 4.96. The minimum atomic E-state index is -0.491. The van der Waals surface area contributed by atoms with Crippen LogP contribution < -0.4 is 0 Å². The van der Waals surface area contributed by atoms with E-state index < -0.39 is 6.10 Å². The molecule has 2 bridgehead atoms. The molecule has 0 aliphatic carbocycles. The van der Waals surface area contributed by atoms with Crippen molar-refractivity contribution in [1.82, 2.24) is 4.90 Å². The molecule has 2 aromatic rings. The van der Waals surface area contributed by atoms with Gasteiger partial charge in [0.1, 0.15) is 5.82 Å². The number of hydrogen-bond donors (Lipinski definition) is 1. The van der Waals surface area contributed by atoms with Gasteiger partial charge in [0, 0.05) is 12.1 Å². The first kappa shape index (κ1) is 17.7. The number of hydrogen-bond acceptors (Lipinski definition) is 2. The fraction of sp³-hybridized carbons (Fsp3) is 0.478. The Morgan fingerprint density at radius 2 is 1.62 bits per heavy atom. The SMILES string of the molecule is OC(CCCN1[C@@H]2CC[C@H]1CC(c1ccccc1)C2)c1ccc(F)cc1. The summed E-state index contributed by atoms with van der Waals surface area (Å²) >= 11 is 0. The third-order valence-corrected chi connectivity index (χ3v) is 6.30. The summed E-state index contributed by atoms with van der Waals surface area (Å²) in [6.45, 7) is 1.06. The van der Waals surface area contributed by atoms with Gasteiger partial charge in [-0.3, -0.25) is 4.90 Å². The van der Waals surface area contributed by atoms with Gasteiger partial charge < -0.3 is 5.11 Å². The van der Waals surface area contributed by atoms with Crippen molar-refractivity contribution in [3.8, 4) is 0 Å². The van der Waals surface area contributed by atoms with E-state index >= 15 is 0 Å². The minimum Gasteiger partial charge on any atom is -0.388 e. The van der Waals surface area contributed by atoms with E-state index in [0.29, 0.717) is 18.0 Å². The number of halogens is 1. The lowest BCUT2D eigenvalue weighted by Crippen LogP contribution is -2.42. The van der Waals surface area contributed by atoms with Gasteiger partial charge in [-0.2, -0.15) is 0 Å². The van der Waals surface area contributed by atoms with E-state index in [1.165, 1.54) is 43.4 Å². The highest BCUT2D eigenvalue weighted by molar-refractivity contribution is 5.22. The number of rotatable bonds is 6. The first-order valence-corrected chi connectivity index (χ1v) is 9.95. The highest BCUT2D eigenvalue weighted by Gasteiger charge is 2.40. The van der Waals surface area contributed by atoms with Crippen LogP contribution in [-0.4, -0.2) is 28.6 Å². The first-order valence-electron chi connectivity index (χ1n) is 9.95. The first-order chi connectivity index (χ1) is 12.7. The standard InChI is InChI=1S/C23H28FNO/c24-20-10-8-18(9-11-20)23(26)7-4-14-25-21-12-13-22(25)16-19(15-21)17-5-2-1-3-6-17/h1-3,5-6,8-11,19,21-23,26H,4,7,12-16H2/t19?,21-,22+,23?. The molecule has 0 radical (unpaired) electrons. The van der Waals surface area contributed by atoms with Crippen LogP contribution in [0.4, 0.5) is 4.39 Å². The summed E-state index contributed by atoms with van der Waals surface area (Å²) in [5, 5.41) is 10.3. The van der Waals surface area contributed by atoms with Gasteiger partial charge in [-0.1, -0.05) is 42.5 Å². The van der Waals surface area contributed by atoms with Gasteiger partial charge >= 0.3 is 0 Å². The Morgan fingerprint density at radius 1 is 0.962 bits per heavy atom. The van der Waals surface area contributed by atoms with Crippen molar-refractivity contribution >= 4 is 0 Å². The van der Waals surface area contributed by atoms with Crippen molar-refractivity contribution in [2.75, 3.05) is 6.54 Å². The second-order valence-electron chi connectivity index (χ2n) is 7.91. The summed E-state index contributed by atoms with van der Waals surface area (Å²) in [5.74, 6) is 0.452. The molecule has 4 atom stereocenters. The van der Waals surface area contributed by atoms with E-state index in [1.54, 1.807) is 12.1 Å². The van der Waals surface area contributed by atoms with E-state index in [4.69, 9.17) is 0 Å². The van der Waals surface area contributed by atoms with Crippen LogP contribution in [0.15, 0.2) is 54.6 Å². The Labute approximate surface area is 155 Å². The van der Waals surface area contributed by atoms with Crippen molar-refractivity contribution < 1.29 is 9.50 Å². The average Bonchev–Trinajstić information content (AvgIpc) is 2.90. The molecule has 3 heteroatoms. The largest absolute Gasteiger partial charge is 0.388 e. The van der Waals surface area contributed by atoms with Crippen molar-refractivity contribution in [2.45, 2.75) is 62.6 Å². The molecule has 0 aromatic heterocycles. The maximum absolute atomic E-state index is 13.0. The zero-order chi connectivity index (χ0) is 17.9. The molecule has 2 heterocycles. The van der Waals surface area contributed by atoms with Crippen LogP contribution in [0.25, 0.3) is 0 Å². The fourth-order valence-corrected chi connectivity index (χ4v) is 4.96. The Hall–Kier alpha value is -1.71. The molecule has 138 valence electrons. The topological polar surface area (TPSA) is 23.5 Å². The van der Waals surface area contributed by atoms with Crippen LogP contribution in [-0.2, 0) is 0 Å². The summed E-state index contributed by atoms with van der Waals surface area (Å²) in [6.07, 6.45) is 6.39. The Morgan fingerprint density at radius 3 is 2.27 bits per heavy atom. The molecular weight excluding hydrogens is 325 g/mol. The van der Waals surface area contributed by atoms with Crippen LogP contribution in [0.1, 0.15) is 61.7 Å². The maximum atomic E-state index is 13.0. The highest BCUT2D eigenvalue weighted by atomic mass is 19.1. The zero-order valence-electron chi connectivity index (χ0n) is 15.2. The number of aliphatic hydroxyl groups is 1. The normalized spacial score (nSPS) is 26.8.